The predicted molar refractivity (Wildman–Crippen MR) is 220 cm³/mol. The second-order valence-electron chi connectivity index (χ2n) is 13.6. The SMILES string of the molecule is c1ccc(-c2nc(-c3ccccc3)nc(-c3cccc(-c4cccc(-n5c6ccccc6c6c7ccccc7c7c(c65)Oc5ccccc5O7)c4)c3)n2)cc1. The van der Waals surface area contributed by atoms with Crippen LogP contribution >= 0.6 is 0 Å². The maximum absolute atomic E-state index is 6.79. The summed E-state index contributed by atoms with van der Waals surface area (Å²) in [6.45, 7) is 0. The number of hydrogen-bond donors (Lipinski definition) is 0. The highest BCUT2D eigenvalue weighted by atomic mass is 16.6. The van der Waals surface area contributed by atoms with E-state index in [1.165, 1.54) is 0 Å². The Labute approximate surface area is 316 Å². The largest absolute Gasteiger partial charge is 0.449 e. The Morgan fingerprint density at radius 2 is 0.855 bits per heavy atom. The van der Waals surface area contributed by atoms with Gasteiger partial charge in [-0.3, -0.25) is 0 Å². The second-order valence-corrected chi connectivity index (χ2v) is 13.6. The van der Waals surface area contributed by atoms with Gasteiger partial charge >= 0.3 is 0 Å². The molecule has 2 aromatic heterocycles. The number of fused-ring (bicyclic) bond motifs is 9. The molecule has 0 atom stereocenters. The van der Waals surface area contributed by atoms with Crippen molar-refractivity contribution in [1.82, 2.24) is 19.5 Å². The van der Waals surface area contributed by atoms with Crippen molar-refractivity contribution in [3.05, 3.63) is 182 Å². The summed E-state index contributed by atoms with van der Waals surface area (Å²) in [6.07, 6.45) is 0. The number of rotatable bonds is 5. The predicted octanol–water partition coefficient (Wildman–Crippen LogP) is 12.7. The fourth-order valence-corrected chi connectivity index (χ4v) is 7.76. The van der Waals surface area contributed by atoms with Crippen LogP contribution in [-0.2, 0) is 0 Å². The first-order valence-electron chi connectivity index (χ1n) is 18.3. The number of ether oxygens (including phenoxy) is 2. The molecular formula is C49H30N4O2. The van der Waals surface area contributed by atoms with E-state index in [9.17, 15) is 0 Å². The van der Waals surface area contributed by atoms with E-state index in [-0.39, 0.29) is 0 Å². The maximum atomic E-state index is 6.79. The molecule has 0 saturated heterocycles. The zero-order chi connectivity index (χ0) is 36.3. The van der Waals surface area contributed by atoms with Gasteiger partial charge in [0.2, 0.25) is 0 Å². The quantitative estimate of drug-likeness (QED) is 0.178. The Balaban J connectivity index is 1.09. The van der Waals surface area contributed by atoms with Crippen molar-refractivity contribution >= 4 is 32.6 Å². The molecule has 0 amide bonds. The molecule has 258 valence electrons. The summed E-state index contributed by atoms with van der Waals surface area (Å²) in [4.78, 5) is 14.9. The van der Waals surface area contributed by atoms with Gasteiger partial charge in [-0.05, 0) is 52.9 Å². The van der Waals surface area contributed by atoms with Gasteiger partial charge in [0, 0.05) is 38.5 Å². The molecule has 6 nitrogen and oxygen atoms in total. The molecule has 0 aliphatic carbocycles. The van der Waals surface area contributed by atoms with E-state index in [0.29, 0.717) is 34.7 Å². The first kappa shape index (κ1) is 31.0. The van der Waals surface area contributed by atoms with Gasteiger partial charge in [-0.15, -0.1) is 0 Å². The Morgan fingerprint density at radius 1 is 0.364 bits per heavy atom. The standard InChI is InChI=1S/C49H30N4O2/c1-3-15-31(16-4-1)47-50-48(32-17-5-2-6-18-32)52-49(51-47)35-21-13-19-33(29-35)34-20-14-22-36(30-34)53-40-26-10-9-25-39(40)43-37-23-7-8-24-38(37)45-46(44(43)53)55-42-28-12-11-27-41(42)54-45/h1-30H. The van der Waals surface area contributed by atoms with Crippen molar-refractivity contribution in [1.29, 1.82) is 0 Å². The van der Waals surface area contributed by atoms with Crippen molar-refractivity contribution in [2.24, 2.45) is 0 Å². The second kappa shape index (κ2) is 12.5. The van der Waals surface area contributed by atoms with E-state index in [4.69, 9.17) is 24.4 Å². The van der Waals surface area contributed by atoms with E-state index in [0.717, 1.165) is 71.8 Å². The monoisotopic (exact) mass is 706 g/mol. The average molecular weight is 707 g/mol. The van der Waals surface area contributed by atoms with E-state index < -0.39 is 0 Å². The molecule has 6 heteroatoms. The average Bonchev–Trinajstić information content (AvgIpc) is 3.62. The first-order valence-corrected chi connectivity index (χ1v) is 18.3. The minimum absolute atomic E-state index is 0.615. The van der Waals surface area contributed by atoms with Crippen molar-refractivity contribution in [2.45, 2.75) is 0 Å². The van der Waals surface area contributed by atoms with Gasteiger partial charge in [-0.1, -0.05) is 146 Å². The third-order valence-corrected chi connectivity index (χ3v) is 10.3. The van der Waals surface area contributed by atoms with Crippen LogP contribution in [-0.4, -0.2) is 19.5 Å². The Kier molecular flexibility index (Phi) is 7.07. The molecule has 0 spiro atoms. The Hall–Kier alpha value is -7.57. The minimum atomic E-state index is 0.615. The zero-order valence-corrected chi connectivity index (χ0v) is 29.4. The molecule has 55 heavy (non-hydrogen) atoms. The van der Waals surface area contributed by atoms with Crippen molar-refractivity contribution in [3.63, 3.8) is 0 Å². The fourth-order valence-electron chi connectivity index (χ4n) is 7.76. The summed E-state index contributed by atoms with van der Waals surface area (Å²) in [5.74, 6) is 4.70. The lowest BCUT2D eigenvalue weighted by molar-refractivity contribution is 0.366. The number of hydrogen-bond acceptors (Lipinski definition) is 5. The molecule has 11 rings (SSSR count). The number of para-hydroxylation sites is 3. The van der Waals surface area contributed by atoms with E-state index in [2.05, 4.69) is 102 Å². The molecule has 1 aliphatic rings. The highest BCUT2D eigenvalue weighted by molar-refractivity contribution is 6.25. The zero-order valence-electron chi connectivity index (χ0n) is 29.4. The van der Waals surface area contributed by atoms with Crippen LogP contribution < -0.4 is 9.47 Å². The Morgan fingerprint density at radius 3 is 1.55 bits per heavy atom. The van der Waals surface area contributed by atoms with E-state index >= 15 is 0 Å². The van der Waals surface area contributed by atoms with Gasteiger partial charge in [0.15, 0.2) is 40.5 Å². The van der Waals surface area contributed by atoms with Crippen LogP contribution in [0.1, 0.15) is 0 Å². The van der Waals surface area contributed by atoms with Crippen molar-refractivity contribution in [3.8, 4) is 74.0 Å². The molecule has 0 radical (unpaired) electrons. The molecule has 3 heterocycles. The Bertz CT molecular complexity index is 3040. The molecule has 0 fully saturated rings. The van der Waals surface area contributed by atoms with Crippen LogP contribution in [0.5, 0.6) is 23.0 Å². The summed E-state index contributed by atoms with van der Waals surface area (Å²) in [6, 6.07) is 62.0. The smallest absolute Gasteiger partial charge is 0.195 e. The van der Waals surface area contributed by atoms with Crippen LogP contribution in [0.4, 0.5) is 0 Å². The van der Waals surface area contributed by atoms with Gasteiger partial charge in [-0.25, -0.2) is 15.0 Å². The van der Waals surface area contributed by atoms with Crippen LogP contribution in [0.3, 0.4) is 0 Å². The topological polar surface area (TPSA) is 62.1 Å². The normalized spacial score (nSPS) is 11.9. The van der Waals surface area contributed by atoms with E-state index in [1.54, 1.807) is 0 Å². The summed E-state index contributed by atoms with van der Waals surface area (Å²) < 4.78 is 15.8. The van der Waals surface area contributed by atoms with Crippen LogP contribution in [0.15, 0.2) is 182 Å². The highest BCUT2D eigenvalue weighted by Gasteiger charge is 2.29. The highest BCUT2D eigenvalue weighted by Crippen LogP contribution is 2.55. The third kappa shape index (κ3) is 5.15. The fraction of sp³-hybridized carbons (Fsp3) is 0. The number of nitrogens with zero attached hydrogens (tertiary/aromatic N) is 4. The lowest BCUT2D eigenvalue weighted by Gasteiger charge is -2.24. The van der Waals surface area contributed by atoms with Crippen molar-refractivity contribution in [2.75, 3.05) is 0 Å². The first-order chi connectivity index (χ1) is 27.3. The van der Waals surface area contributed by atoms with Crippen LogP contribution in [0, 0.1) is 0 Å². The molecular weight excluding hydrogens is 677 g/mol. The molecule has 10 aromatic rings. The van der Waals surface area contributed by atoms with Crippen LogP contribution in [0.2, 0.25) is 0 Å². The van der Waals surface area contributed by atoms with Crippen LogP contribution in [0.25, 0.3) is 83.6 Å². The van der Waals surface area contributed by atoms with E-state index in [1.807, 2.05) is 84.9 Å². The summed E-state index contributed by atoms with van der Waals surface area (Å²) in [5.41, 5.74) is 7.93. The third-order valence-electron chi connectivity index (χ3n) is 10.3. The van der Waals surface area contributed by atoms with Gasteiger partial charge in [0.25, 0.3) is 0 Å². The maximum Gasteiger partial charge on any atom is 0.195 e. The minimum Gasteiger partial charge on any atom is -0.449 e. The van der Waals surface area contributed by atoms with Gasteiger partial charge in [-0.2, -0.15) is 0 Å². The number of benzene rings is 8. The van der Waals surface area contributed by atoms with Gasteiger partial charge in [0.05, 0.1) is 5.52 Å². The molecule has 1 aliphatic heterocycles. The molecule has 0 saturated carbocycles. The summed E-state index contributed by atoms with van der Waals surface area (Å²) in [7, 11) is 0. The lowest BCUT2D eigenvalue weighted by Crippen LogP contribution is -2.03. The summed E-state index contributed by atoms with van der Waals surface area (Å²) >= 11 is 0. The van der Waals surface area contributed by atoms with Crippen molar-refractivity contribution < 1.29 is 9.47 Å². The molecule has 8 aromatic carbocycles. The number of aromatic nitrogens is 4. The lowest BCUT2D eigenvalue weighted by atomic mass is 10.0. The summed E-state index contributed by atoms with van der Waals surface area (Å²) in [5, 5.41) is 4.39. The molecule has 0 unspecified atom stereocenters. The van der Waals surface area contributed by atoms with Gasteiger partial charge in [0.1, 0.15) is 5.52 Å². The molecule has 0 N–H and O–H groups in total. The molecule has 0 bridgehead atoms. The van der Waals surface area contributed by atoms with Gasteiger partial charge < -0.3 is 14.0 Å².